The van der Waals surface area contributed by atoms with E-state index in [2.05, 4.69) is 31.3 Å². The molecular formula is C30H59N2O7P. The number of rotatable bonds is 28. The third-order valence-corrected chi connectivity index (χ3v) is 7.57. The van der Waals surface area contributed by atoms with E-state index < -0.39 is 38.6 Å². The number of phosphoric ester groups is 1. The van der Waals surface area contributed by atoms with E-state index >= 15 is 0 Å². The Bertz CT molecular complexity index is 706. The fraction of sp³-hybridized carbons (Fsp3) is 0.833. The Morgan fingerprint density at radius 1 is 0.850 bits per heavy atom. The first-order valence-electron chi connectivity index (χ1n) is 15.5. The van der Waals surface area contributed by atoms with Gasteiger partial charge in [-0.1, -0.05) is 109 Å². The molecule has 0 bridgehead atoms. The number of nitrogens with two attached hydrogens (primary N) is 1. The smallest absolute Gasteiger partial charge is 0.393 e. The Morgan fingerprint density at radius 2 is 1.43 bits per heavy atom. The molecule has 0 heterocycles. The molecule has 0 aliphatic heterocycles. The lowest BCUT2D eigenvalue weighted by atomic mass is 10.0. The fourth-order valence-corrected chi connectivity index (χ4v) is 4.95. The molecule has 0 aromatic heterocycles. The number of unbranched alkanes of at least 4 members (excludes halogenated alkanes) is 12. The van der Waals surface area contributed by atoms with Gasteiger partial charge in [-0.25, -0.2) is 4.57 Å². The summed E-state index contributed by atoms with van der Waals surface area (Å²) in [4.78, 5) is 22.4. The largest absolute Gasteiger partial charge is 0.472 e. The lowest BCUT2D eigenvalue weighted by Crippen LogP contribution is -2.46. The predicted octanol–water partition coefficient (Wildman–Crippen LogP) is 6.07. The van der Waals surface area contributed by atoms with Crippen molar-refractivity contribution in [1.29, 1.82) is 0 Å². The van der Waals surface area contributed by atoms with Crippen molar-refractivity contribution in [2.24, 2.45) is 5.73 Å². The van der Waals surface area contributed by atoms with Crippen LogP contribution in [0.5, 0.6) is 0 Å². The van der Waals surface area contributed by atoms with Gasteiger partial charge in [-0.05, 0) is 32.1 Å². The summed E-state index contributed by atoms with van der Waals surface area (Å²) in [6.07, 6.45) is 22.9. The van der Waals surface area contributed by atoms with Crippen LogP contribution in [-0.4, -0.2) is 59.0 Å². The summed E-state index contributed by atoms with van der Waals surface area (Å²) in [5.41, 5.74) is 5.31. The summed E-state index contributed by atoms with van der Waals surface area (Å²) in [5, 5.41) is 23.6. The highest BCUT2D eigenvalue weighted by atomic mass is 31.2. The molecule has 9 nitrogen and oxygen atoms in total. The molecule has 0 aromatic rings. The second kappa shape index (κ2) is 26.8. The molecule has 0 aliphatic rings. The lowest BCUT2D eigenvalue weighted by molar-refractivity contribution is -0.124. The van der Waals surface area contributed by atoms with Gasteiger partial charge in [-0.3, -0.25) is 13.8 Å². The standard InChI is InChI=1S/C30H59N2O7P/c1-3-5-7-9-11-13-15-17-19-21-27(33)25-30(35)32-28(26-39-40(36,37)38-24-23-31)29(34)22-20-18-16-14-12-10-8-6-4-2/h12,14,20,22,27-29,33-34H,3-11,13,15-19,21,23-26,31H2,1-2H3,(H,32,35)(H,36,37)/b14-12+,22-20+. The van der Waals surface area contributed by atoms with Gasteiger partial charge in [0.2, 0.25) is 5.91 Å². The Balaban J connectivity index is 4.64. The van der Waals surface area contributed by atoms with Crippen LogP contribution in [0.1, 0.15) is 123 Å². The molecule has 0 saturated heterocycles. The summed E-state index contributed by atoms with van der Waals surface area (Å²) in [6.45, 7) is 3.82. The number of carbonyl (C=O) groups is 1. The predicted molar refractivity (Wildman–Crippen MR) is 163 cm³/mol. The molecule has 0 spiro atoms. The number of hydrogen-bond donors (Lipinski definition) is 5. The number of aliphatic hydroxyl groups excluding tert-OH is 2. The third-order valence-electron chi connectivity index (χ3n) is 6.58. The monoisotopic (exact) mass is 590 g/mol. The van der Waals surface area contributed by atoms with Crippen LogP contribution >= 0.6 is 7.82 Å². The van der Waals surface area contributed by atoms with E-state index in [1.165, 1.54) is 57.8 Å². The highest BCUT2D eigenvalue weighted by Gasteiger charge is 2.27. The molecular weight excluding hydrogens is 531 g/mol. The molecule has 10 heteroatoms. The van der Waals surface area contributed by atoms with Crippen LogP contribution in [-0.2, 0) is 18.4 Å². The van der Waals surface area contributed by atoms with E-state index in [1.54, 1.807) is 6.08 Å². The first-order chi connectivity index (χ1) is 19.3. The maximum Gasteiger partial charge on any atom is 0.472 e. The molecule has 1 amide bonds. The van der Waals surface area contributed by atoms with Gasteiger partial charge in [-0.2, -0.15) is 0 Å². The van der Waals surface area contributed by atoms with E-state index in [0.717, 1.165) is 32.1 Å². The van der Waals surface area contributed by atoms with Gasteiger partial charge in [0, 0.05) is 6.54 Å². The minimum Gasteiger partial charge on any atom is -0.393 e. The summed E-state index contributed by atoms with van der Waals surface area (Å²) < 4.78 is 21.8. The highest BCUT2D eigenvalue weighted by molar-refractivity contribution is 7.47. The zero-order chi connectivity index (χ0) is 29.9. The second-order valence-electron chi connectivity index (χ2n) is 10.5. The van der Waals surface area contributed by atoms with Crippen molar-refractivity contribution < 1.29 is 33.5 Å². The first-order valence-corrected chi connectivity index (χ1v) is 17.0. The summed E-state index contributed by atoms with van der Waals surface area (Å²) in [7, 11) is -4.38. The molecule has 0 radical (unpaired) electrons. The van der Waals surface area contributed by atoms with Crippen molar-refractivity contribution in [2.75, 3.05) is 19.8 Å². The average molecular weight is 591 g/mol. The molecule has 0 saturated carbocycles. The highest BCUT2D eigenvalue weighted by Crippen LogP contribution is 2.43. The number of carbonyl (C=O) groups excluding carboxylic acids is 1. The van der Waals surface area contributed by atoms with Gasteiger partial charge in [0.05, 0.1) is 37.9 Å². The van der Waals surface area contributed by atoms with Gasteiger partial charge in [0.1, 0.15) is 0 Å². The van der Waals surface area contributed by atoms with E-state index in [4.69, 9.17) is 14.8 Å². The van der Waals surface area contributed by atoms with Crippen LogP contribution in [0.2, 0.25) is 0 Å². The Kier molecular flexibility index (Phi) is 26.1. The van der Waals surface area contributed by atoms with E-state index in [-0.39, 0.29) is 19.6 Å². The number of phosphoric acid groups is 1. The molecule has 0 aromatic carbocycles. The number of hydrogen-bond acceptors (Lipinski definition) is 7. The molecule has 6 N–H and O–H groups in total. The van der Waals surface area contributed by atoms with Crippen LogP contribution in [0.25, 0.3) is 0 Å². The normalized spacial score (nSPS) is 15.8. The van der Waals surface area contributed by atoms with Crippen molar-refractivity contribution in [3.05, 3.63) is 24.3 Å². The van der Waals surface area contributed by atoms with E-state index in [0.29, 0.717) is 12.8 Å². The van der Waals surface area contributed by atoms with Crippen LogP contribution in [0.4, 0.5) is 0 Å². The maximum absolute atomic E-state index is 12.6. The fourth-order valence-electron chi connectivity index (χ4n) is 4.19. The average Bonchev–Trinajstić information content (AvgIpc) is 2.92. The van der Waals surface area contributed by atoms with Crippen molar-refractivity contribution in [1.82, 2.24) is 5.32 Å². The topological polar surface area (TPSA) is 151 Å². The number of nitrogens with one attached hydrogen (secondary N) is 1. The van der Waals surface area contributed by atoms with Crippen LogP contribution in [0.3, 0.4) is 0 Å². The summed E-state index contributed by atoms with van der Waals surface area (Å²) in [5.74, 6) is -0.463. The Labute approximate surface area is 243 Å². The first kappa shape index (κ1) is 38.9. The molecule has 0 rings (SSSR count). The van der Waals surface area contributed by atoms with Gasteiger partial charge < -0.3 is 26.2 Å². The van der Waals surface area contributed by atoms with Gasteiger partial charge >= 0.3 is 7.82 Å². The minimum atomic E-state index is -4.38. The van der Waals surface area contributed by atoms with Crippen LogP contribution in [0.15, 0.2) is 24.3 Å². The molecule has 4 atom stereocenters. The SMILES string of the molecule is CCCCC/C=C/CC/C=C/C(O)C(COP(=O)(O)OCCN)NC(=O)CC(O)CCCCCCCCCCC. The lowest BCUT2D eigenvalue weighted by Gasteiger charge is -2.24. The van der Waals surface area contributed by atoms with Crippen LogP contribution < -0.4 is 11.1 Å². The van der Waals surface area contributed by atoms with E-state index in [1.807, 2.05) is 6.08 Å². The second-order valence-corrected chi connectivity index (χ2v) is 12.0. The van der Waals surface area contributed by atoms with Gasteiger partial charge in [0.15, 0.2) is 0 Å². The quantitative estimate of drug-likeness (QED) is 0.0418. The van der Waals surface area contributed by atoms with E-state index in [9.17, 15) is 24.5 Å². The zero-order valence-electron chi connectivity index (χ0n) is 25.2. The number of amides is 1. The number of allylic oxidation sites excluding steroid dienone is 3. The molecule has 0 fully saturated rings. The zero-order valence-corrected chi connectivity index (χ0v) is 26.1. The maximum atomic E-state index is 12.6. The molecule has 40 heavy (non-hydrogen) atoms. The van der Waals surface area contributed by atoms with Crippen molar-refractivity contribution >= 4 is 13.7 Å². The summed E-state index contributed by atoms with van der Waals surface area (Å²) in [6, 6.07) is -0.991. The van der Waals surface area contributed by atoms with Crippen molar-refractivity contribution in [2.45, 2.75) is 141 Å². The number of aliphatic hydroxyl groups is 2. The minimum absolute atomic E-state index is 0.0450. The van der Waals surface area contributed by atoms with Crippen molar-refractivity contribution in [3.63, 3.8) is 0 Å². The molecule has 0 aliphatic carbocycles. The third kappa shape index (κ3) is 24.7. The Hall–Kier alpha value is -1.06. The Morgan fingerprint density at radius 3 is 2.08 bits per heavy atom. The summed E-state index contributed by atoms with van der Waals surface area (Å²) >= 11 is 0. The van der Waals surface area contributed by atoms with Gasteiger partial charge in [0.25, 0.3) is 0 Å². The van der Waals surface area contributed by atoms with Crippen LogP contribution in [0, 0.1) is 0 Å². The molecule has 4 unspecified atom stereocenters. The molecule has 236 valence electrons. The van der Waals surface area contributed by atoms with Crippen molar-refractivity contribution in [3.8, 4) is 0 Å². The van der Waals surface area contributed by atoms with Gasteiger partial charge in [-0.15, -0.1) is 0 Å².